The molecule has 0 unspecified atom stereocenters. The third-order valence-corrected chi connectivity index (χ3v) is 6.22. The van der Waals surface area contributed by atoms with Crippen LogP contribution in [0.15, 0.2) is 30.5 Å². The summed E-state index contributed by atoms with van der Waals surface area (Å²) in [4.78, 5) is 43.6. The van der Waals surface area contributed by atoms with Crippen molar-refractivity contribution < 1.29 is 32.3 Å². The van der Waals surface area contributed by atoms with Gasteiger partial charge in [-0.15, -0.1) is 0 Å². The van der Waals surface area contributed by atoms with E-state index in [4.69, 9.17) is 16.3 Å². The molecule has 1 aliphatic rings. The Morgan fingerprint density at radius 3 is 2.37 bits per heavy atom. The van der Waals surface area contributed by atoms with Gasteiger partial charge in [0.05, 0.1) is 28.5 Å². The minimum absolute atomic E-state index is 0.0926. The predicted molar refractivity (Wildman–Crippen MR) is 137 cm³/mol. The molecule has 0 bridgehead atoms. The standard InChI is InChI=1S/C26H30ClF3N4O4/c1-14-6-9-20(16-7-8-18(19(27)11-16)26(28,29)30)34(13-14)23(36)22(35)32-17-10-15(2)21(31-12-17)33-24(37)38-25(3,4)5/h7-8,10-12,14,20H,6,9,13H2,1-5H3,(H,32,35)(H,31,33,37)/t14-,20+/m0/s1. The fourth-order valence-corrected chi connectivity index (χ4v) is 4.48. The molecule has 0 saturated carbocycles. The topological polar surface area (TPSA) is 101 Å². The number of alkyl halides is 3. The van der Waals surface area contributed by atoms with Gasteiger partial charge in [-0.1, -0.05) is 24.6 Å². The van der Waals surface area contributed by atoms with Gasteiger partial charge >= 0.3 is 24.1 Å². The number of aryl methyl sites for hydroxylation is 1. The molecule has 1 fully saturated rings. The van der Waals surface area contributed by atoms with Gasteiger partial charge in [-0.3, -0.25) is 14.9 Å². The third kappa shape index (κ3) is 7.37. The van der Waals surface area contributed by atoms with Crippen LogP contribution in [0.2, 0.25) is 5.02 Å². The molecule has 2 N–H and O–H groups in total. The van der Waals surface area contributed by atoms with E-state index in [-0.39, 0.29) is 24.0 Å². The van der Waals surface area contributed by atoms with Crippen LogP contribution < -0.4 is 10.6 Å². The molecular weight excluding hydrogens is 525 g/mol. The normalized spacial score (nSPS) is 18.1. The number of nitrogens with zero attached hydrogens (tertiary/aromatic N) is 2. The summed E-state index contributed by atoms with van der Waals surface area (Å²) in [6.07, 6.45) is -2.81. The lowest BCUT2D eigenvalue weighted by Gasteiger charge is -2.38. The summed E-state index contributed by atoms with van der Waals surface area (Å²) >= 11 is 5.91. The van der Waals surface area contributed by atoms with E-state index in [9.17, 15) is 27.6 Å². The van der Waals surface area contributed by atoms with E-state index >= 15 is 0 Å². The van der Waals surface area contributed by atoms with E-state index in [1.165, 1.54) is 29.3 Å². The highest BCUT2D eigenvalue weighted by atomic mass is 35.5. The molecule has 1 aromatic carbocycles. The van der Waals surface area contributed by atoms with E-state index in [0.29, 0.717) is 17.5 Å². The Balaban J connectivity index is 1.75. The number of hydrogen-bond acceptors (Lipinski definition) is 5. The Morgan fingerprint density at radius 2 is 1.79 bits per heavy atom. The Hall–Kier alpha value is -3.34. The van der Waals surface area contributed by atoms with Crippen molar-refractivity contribution in [2.45, 2.75) is 65.3 Å². The second-order valence-corrected chi connectivity index (χ2v) is 10.8. The molecule has 1 saturated heterocycles. The maximum atomic E-state index is 13.2. The van der Waals surface area contributed by atoms with E-state index in [1.54, 1.807) is 27.7 Å². The van der Waals surface area contributed by atoms with Gasteiger partial charge in [0.1, 0.15) is 11.4 Å². The number of pyridine rings is 1. The predicted octanol–water partition coefficient (Wildman–Crippen LogP) is 6.35. The molecule has 0 aliphatic carbocycles. The number of amides is 3. The number of benzene rings is 1. The highest BCUT2D eigenvalue weighted by Crippen LogP contribution is 2.39. The minimum Gasteiger partial charge on any atom is -0.444 e. The SMILES string of the molecule is Cc1cc(NC(=O)C(=O)N2C[C@@H](C)CC[C@@H]2c2ccc(C(F)(F)F)c(Cl)c2)cnc1NC(=O)OC(C)(C)C. The zero-order chi connectivity index (χ0) is 28.4. The zero-order valence-electron chi connectivity index (χ0n) is 21.7. The Kier molecular flexibility index (Phi) is 8.60. The van der Waals surface area contributed by atoms with Crippen LogP contribution in [0.3, 0.4) is 0 Å². The number of carbonyl (C=O) groups excluding carboxylic acids is 3. The second-order valence-electron chi connectivity index (χ2n) is 10.4. The summed E-state index contributed by atoms with van der Waals surface area (Å²) < 4.78 is 44.6. The van der Waals surface area contributed by atoms with Gasteiger partial charge in [-0.2, -0.15) is 13.2 Å². The summed E-state index contributed by atoms with van der Waals surface area (Å²) in [5, 5.41) is 4.58. The van der Waals surface area contributed by atoms with Crippen molar-refractivity contribution in [2.75, 3.05) is 17.2 Å². The Morgan fingerprint density at radius 1 is 1.11 bits per heavy atom. The number of nitrogens with one attached hydrogen (secondary N) is 2. The van der Waals surface area contributed by atoms with Gasteiger partial charge < -0.3 is 15.0 Å². The molecule has 3 amide bonds. The first-order chi connectivity index (χ1) is 17.5. The number of halogens is 4. The number of carbonyl (C=O) groups is 3. The van der Waals surface area contributed by atoms with Crippen LogP contribution in [0.1, 0.15) is 63.3 Å². The van der Waals surface area contributed by atoms with Gasteiger partial charge in [-0.25, -0.2) is 9.78 Å². The first-order valence-electron chi connectivity index (χ1n) is 12.0. The van der Waals surface area contributed by atoms with Gasteiger partial charge in [0.2, 0.25) is 0 Å². The van der Waals surface area contributed by atoms with Crippen molar-refractivity contribution in [1.82, 2.24) is 9.88 Å². The zero-order valence-corrected chi connectivity index (χ0v) is 22.5. The molecule has 0 spiro atoms. The van der Waals surface area contributed by atoms with Crippen LogP contribution in [-0.2, 0) is 20.5 Å². The molecule has 206 valence electrons. The largest absolute Gasteiger partial charge is 0.444 e. The van der Waals surface area contributed by atoms with Crippen LogP contribution in [0.4, 0.5) is 29.5 Å². The summed E-state index contributed by atoms with van der Waals surface area (Å²) in [5.74, 6) is -1.43. The molecule has 2 heterocycles. The monoisotopic (exact) mass is 554 g/mol. The van der Waals surface area contributed by atoms with Crippen molar-refractivity contribution in [3.05, 3.63) is 52.2 Å². The molecule has 1 aromatic heterocycles. The molecule has 2 aromatic rings. The quantitative estimate of drug-likeness (QED) is 0.431. The lowest BCUT2D eigenvalue weighted by molar-refractivity contribution is -0.146. The Labute approximate surface area is 223 Å². The third-order valence-electron chi connectivity index (χ3n) is 5.91. The number of aromatic nitrogens is 1. The number of anilines is 2. The first-order valence-corrected chi connectivity index (χ1v) is 12.4. The maximum absolute atomic E-state index is 13.2. The van der Waals surface area contributed by atoms with Gasteiger partial charge in [0.15, 0.2) is 0 Å². The van der Waals surface area contributed by atoms with E-state index < -0.39 is 46.3 Å². The molecule has 3 rings (SSSR count). The maximum Gasteiger partial charge on any atom is 0.417 e. The highest BCUT2D eigenvalue weighted by Gasteiger charge is 2.37. The summed E-state index contributed by atoms with van der Waals surface area (Å²) in [5.41, 5.74) is -0.483. The van der Waals surface area contributed by atoms with Gasteiger partial charge in [0, 0.05) is 6.54 Å². The van der Waals surface area contributed by atoms with Crippen LogP contribution in [-0.4, -0.2) is 39.9 Å². The number of rotatable bonds is 3. The Bertz CT molecular complexity index is 1230. The number of piperidine rings is 1. The smallest absolute Gasteiger partial charge is 0.417 e. The van der Waals surface area contributed by atoms with Crippen molar-refractivity contribution >= 4 is 41.0 Å². The molecule has 2 atom stereocenters. The van der Waals surface area contributed by atoms with Gasteiger partial charge in [0.25, 0.3) is 0 Å². The number of hydrogen-bond donors (Lipinski definition) is 2. The average molecular weight is 555 g/mol. The van der Waals surface area contributed by atoms with Crippen LogP contribution >= 0.6 is 11.6 Å². The van der Waals surface area contributed by atoms with Gasteiger partial charge in [-0.05, 0) is 75.8 Å². The fourth-order valence-electron chi connectivity index (χ4n) is 4.18. The fraction of sp³-hybridized carbons (Fsp3) is 0.462. The lowest BCUT2D eigenvalue weighted by atomic mass is 9.89. The van der Waals surface area contributed by atoms with Crippen molar-refractivity contribution in [2.24, 2.45) is 5.92 Å². The summed E-state index contributed by atoms with van der Waals surface area (Å²) in [6, 6.07) is 4.31. The van der Waals surface area contributed by atoms with Crippen molar-refractivity contribution in [3.63, 3.8) is 0 Å². The molecule has 0 radical (unpaired) electrons. The van der Waals surface area contributed by atoms with Crippen molar-refractivity contribution in [3.8, 4) is 0 Å². The van der Waals surface area contributed by atoms with E-state index in [0.717, 1.165) is 12.5 Å². The summed E-state index contributed by atoms with van der Waals surface area (Å²) in [6.45, 7) is 9.02. The molecule has 8 nitrogen and oxygen atoms in total. The molecule has 12 heteroatoms. The van der Waals surface area contributed by atoms with Crippen LogP contribution in [0.5, 0.6) is 0 Å². The molecule has 38 heavy (non-hydrogen) atoms. The highest BCUT2D eigenvalue weighted by molar-refractivity contribution is 6.39. The van der Waals surface area contributed by atoms with E-state index in [1.807, 2.05) is 6.92 Å². The summed E-state index contributed by atoms with van der Waals surface area (Å²) in [7, 11) is 0. The van der Waals surface area contributed by atoms with Crippen molar-refractivity contribution in [1.29, 1.82) is 0 Å². The van der Waals surface area contributed by atoms with Crippen LogP contribution in [0.25, 0.3) is 0 Å². The molecule has 1 aliphatic heterocycles. The van der Waals surface area contributed by atoms with E-state index in [2.05, 4.69) is 15.6 Å². The van der Waals surface area contributed by atoms with Crippen LogP contribution in [0, 0.1) is 12.8 Å². The minimum atomic E-state index is -4.60. The number of ether oxygens (including phenoxy) is 1. The average Bonchev–Trinajstić information content (AvgIpc) is 2.78. The molecular formula is C26H30ClF3N4O4. The second kappa shape index (κ2) is 11.2. The lowest BCUT2D eigenvalue weighted by Crippen LogP contribution is -2.46. The first kappa shape index (κ1) is 29.2. The number of likely N-dealkylation sites (tertiary alicyclic amines) is 1.